The Labute approximate surface area is 151 Å². The Kier molecular flexibility index (Phi) is 5.44. The minimum Gasteiger partial charge on any atom is -0.333 e. The molecule has 0 aromatic heterocycles. The van der Waals surface area contributed by atoms with Crippen LogP contribution in [0.3, 0.4) is 0 Å². The highest BCUT2D eigenvalue weighted by Crippen LogP contribution is 2.28. The number of rotatable bonds is 7. The number of nitrogens with one attached hydrogen (secondary N) is 2. The van der Waals surface area contributed by atoms with Gasteiger partial charge in [0.15, 0.2) is 6.54 Å². The quantitative estimate of drug-likeness (QED) is 0.800. The molecule has 0 aliphatic heterocycles. The van der Waals surface area contributed by atoms with E-state index in [0.29, 0.717) is 18.5 Å². The van der Waals surface area contributed by atoms with Crippen molar-refractivity contribution in [3.05, 3.63) is 35.4 Å². The third-order valence-electron chi connectivity index (χ3n) is 5.67. The molecule has 4 nitrogen and oxygen atoms in total. The number of carbonyl (C=O) groups excluding carboxylic acids is 1. The fourth-order valence-corrected chi connectivity index (χ4v) is 3.89. The minimum atomic E-state index is -0.606. The van der Waals surface area contributed by atoms with Crippen molar-refractivity contribution in [2.45, 2.75) is 76.4 Å². The maximum Gasteiger partial charge on any atom is 0.276 e. The molecule has 1 aromatic carbocycles. The minimum absolute atomic E-state index is 0.0316. The van der Waals surface area contributed by atoms with E-state index >= 15 is 0 Å². The number of quaternary nitrogens is 1. The third kappa shape index (κ3) is 4.61. The van der Waals surface area contributed by atoms with Gasteiger partial charge in [0.1, 0.15) is 12.1 Å². The van der Waals surface area contributed by atoms with Crippen LogP contribution >= 0.6 is 0 Å². The van der Waals surface area contributed by atoms with Gasteiger partial charge in [0.05, 0.1) is 12.1 Å². The molecule has 0 radical (unpaired) electrons. The highest BCUT2D eigenvalue weighted by atomic mass is 16.2. The molecule has 0 saturated heterocycles. The zero-order chi connectivity index (χ0) is 17.9. The average Bonchev–Trinajstić information content (AvgIpc) is 3.35. The summed E-state index contributed by atoms with van der Waals surface area (Å²) in [6.45, 7) is 5.76. The van der Waals surface area contributed by atoms with Gasteiger partial charge in [-0.2, -0.15) is 5.26 Å². The summed E-state index contributed by atoms with van der Waals surface area (Å²) in [5.41, 5.74) is 2.03. The molecule has 3 rings (SSSR count). The van der Waals surface area contributed by atoms with Crippen LogP contribution in [-0.2, 0) is 11.3 Å². The van der Waals surface area contributed by atoms with Crippen molar-refractivity contribution in [1.29, 1.82) is 5.26 Å². The number of benzene rings is 1. The molecule has 0 heterocycles. The van der Waals surface area contributed by atoms with Gasteiger partial charge in [0.2, 0.25) is 0 Å². The van der Waals surface area contributed by atoms with Gasteiger partial charge in [0, 0.05) is 18.4 Å². The predicted octanol–water partition coefficient (Wildman–Crippen LogP) is 2.31. The van der Waals surface area contributed by atoms with E-state index in [2.05, 4.69) is 49.5 Å². The van der Waals surface area contributed by atoms with E-state index in [1.807, 2.05) is 0 Å². The molecule has 4 heteroatoms. The average molecular weight is 340 g/mol. The maximum absolute atomic E-state index is 12.6. The van der Waals surface area contributed by atoms with E-state index in [0.717, 1.165) is 32.2 Å². The second kappa shape index (κ2) is 7.58. The molecule has 2 aliphatic carbocycles. The summed E-state index contributed by atoms with van der Waals surface area (Å²) < 4.78 is 0. The van der Waals surface area contributed by atoms with Crippen LogP contribution in [0.15, 0.2) is 24.3 Å². The molecule has 2 saturated carbocycles. The number of nitrogens with zero attached hydrogens (tertiary/aromatic N) is 1. The first-order chi connectivity index (χ1) is 12.0. The first-order valence-electron chi connectivity index (χ1n) is 9.67. The van der Waals surface area contributed by atoms with Crippen molar-refractivity contribution in [1.82, 2.24) is 5.32 Å². The van der Waals surface area contributed by atoms with E-state index < -0.39 is 5.54 Å². The lowest BCUT2D eigenvalue weighted by molar-refractivity contribution is -0.917. The lowest BCUT2D eigenvalue weighted by Gasteiger charge is -2.24. The van der Waals surface area contributed by atoms with Crippen molar-refractivity contribution >= 4 is 5.91 Å². The Morgan fingerprint density at radius 1 is 1.28 bits per heavy atom. The molecule has 2 aliphatic rings. The van der Waals surface area contributed by atoms with Gasteiger partial charge >= 0.3 is 0 Å². The fourth-order valence-electron chi connectivity index (χ4n) is 3.89. The van der Waals surface area contributed by atoms with Crippen LogP contribution in [0.4, 0.5) is 0 Å². The second-order valence-corrected chi connectivity index (χ2v) is 8.13. The molecular weight excluding hydrogens is 310 g/mol. The molecule has 1 unspecified atom stereocenters. The SMILES string of the molecule is CC(C)c1ccc(C[NH+](CC(=O)NC2(C#N)CCCC2)C2CC2)cc1. The van der Waals surface area contributed by atoms with E-state index in [4.69, 9.17) is 0 Å². The standard InChI is InChI=1S/C21H29N3O/c1-16(2)18-7-5-17(6-8-18)13-24(19-9-10-19)14-20(25)23-21(15-22)11-3-4-12-21/h5-8,16,19H,3-4,9-14H2,1-2H3,(H,23,25)/p+1. The number of nitriles is 1. The van der Waals surface area contributed by atoms with E-state index in [-0.39, 0.29) is 5.91 Å². The first kappa shape index (κ1) is 17.9. The molecule has 134 valence electrons. The molecule has 0 bridgehead atoms. The molecule has 1 atom stereocenters. The van der Waals surface area contributed by atoms with Crippen molar-refractivity contribution in [2.75, 3.05) is 6.54 Å². The van der Waals surface area contributed by atoms with Gasteiger partial charge < -0.3 is 10.2 Å². The lowest BCUT2D eigenvalue weighted by atomic mass is 10.00. The normalized spacial score (nSPS) is 20.2. The largest absolute Gasteiger partial charge is 0.333 e. The van der Waals surface area contributed by atoms with Crippen LogP contribution in [0.5, 0.6) is 0 Å². The smallest absolute Gasteiger partial charge is 0.276 e. The Morgan fingerprint density at radius 3 is 2.44 bits per heavy atom. The fraction of sp³-hybridized carbons (Fsp3) is 0.619. The molecule has 25 heavy (non-hydrogen) atoms. The monoisotopic (exact) mass is 340 g/mol. The summed E-state index contributed by atoms with van der Waals surface area (Å²) in [6, 6.07) is 11.7. The number of carbonyl (C=O) groups is 1. The summed E-state index contributed by atoms with van der Waals surface area (Å²) >= 11 is 0. The Morgan fingerprint density at radius 2 is 1.92 bits per heavy atom. The molecule has 0 spiro atoms. The van der Waals surface area contributed by atoms with E-state index in [9.17, 15) is 10.1 Å². The number of amides is 1. The van der Waals surface area contributed by atoms with Crippen LogP contribution in [0.25, 0.3) is 0 Å². The van der Waals surface area contributed by atoms with Gasteiger partial charge in [0.25, 0.3) is 5.91 Å². The predicted molar refractivity (Wildman–Crippen MR) is 98.0 cm³/mol. The highest BCUT2D eigenvalue weighted by Gasteiger charge is 2.38. The van der Waals surface area contributed by atoms with Crippen molar-refractivity contribution in [3.63, 3.8) is 0 Å². The molecular formula is C21H30N3O+. The van der Waals surface area contributed by atoms with E-state index in [1.165, 1.54) is 28.9 Å². The number of hydrogen-bond donors (Lipinski definition) is 2. The van der Waals surface area contributed by atoms with Crippen LogP contribution in [-0.4, -0.2) is 24.0 Å². The summed E-state index contributed by atoms with van der Waals surface area (Å²) in [5.74, 6) is 0.574. The van der Waals surface area contributed by atoms with Crippen LogP contribution in [0, 0.1) is 11.3 Å². The molecule has 2 N–H and O–H groups in total. The van der Waals surface area contributed by atoms with Gasteiger partial charge in [-0.25, -0.2) is 0 Å². The second-order valence-electron chi connectivity index (χ2n) is 8.13. The van der Waals surface area contributed by atoms with Crippen molar-refractivity contribution in [3.8, 4) is 6.07 Å². The molecule has 1 aromatic rings. The van der Waals surface area contributed by atoms with Crippen LogP contribution in [0.1, 0.15) is 69.4 Å². The summed E-state index contributed by atoms with van der Waals surface area (Å²) in [5, 5.41) is 12.5. The van der Waals surface area contributed by atoms with Gasteiger partial charge in [-0.05, 0) is 37.2 Å². The van der Waals surface area contributed by atoms with Gasteiger partial charge in [-0.1, -0.05) is 38.1 Å². The van der Waals surface area contributed by atoms with Gasteiger partial charge in [-0.3, -0.25) is 4.79 Å². The van der Waals surface area contributed by atoms with Crippen molar-refractivity contribution < 1.29 is 9.69 Å². The topological polar surface area (TPSA) is 57.3 Å². The summed E-state index contributed by atoms with van der Waals surface area (Å²) in [4.78, 5) is 13.9. The third-order valence-corrected chi connectivity index (χ3v) is 5.67. The van der Waals surface area contributed by atoms with Crippen molar-refractivity contribution in [2.24, 2.45) is 0 Å². The van der Waals surface area contributed by atoms with E-state index in [1.54, 1.807) is 0 Å². The Balaban J connectivity index is 1.60. The zero-order valence-electron chi connectivity index (χ0n) is 15.5. The van der Waals surface area contributed by atoms with Crippen LogP contribution in [0.2, 0.25) is 0 Å². The highest BCUT2D eigenvalue weighted by molar-refractivity contribution is 5.78. The molecule has 2 fully saturated rings. The zero-order valence-corrected chi connectivity index (χ0v) is 15.5. The first-order valence-corrected chi connectivity index (χ1v) is 9.67. The maximum atomic E-state index is 12.6. The summed E-state index contributed by atoms with van der Waals surface area (Å²) in [6.07, 6.45) is 6.08. The summed E-state index contributed by atoms with van der Waals surface area (Å²) in [7, 11) is 0. The molecule has 1 amide bonds. The number of hydrogen-bond acceptors (Lipinski definition) is 2. The van der Waals surface area contributed by atoms with Gasteiger partial charge in [-0.15, -0.1) is 0 Å². The van der Waals surface area contributed by atoms with Crippen LogP contribution < -0.4 is 10.2 Å². The Bertz CT molecular complexity index is 634. The Hall–Kier alpha value is -1.86. The lowest BCUT2D eigenvalue weighted by Crippen LogP contribution is -3.13.